The number of pyridine rings is 1. The summed E-state index contributed by atoms with van der Waals surface area (Å²) in [6, 6.07) is 15.6. The zero-order chi connectivity index (χ0) is 13.0. The smallest absolute Gasteiger partial charge is 0.409 e. The van der Waals surface area contributed by atoms with Gasteiger partial charge in [0.25, 0.3) is 0 Å². The maximum absolute atomic E-state index is 9.88. The van der Waals surface area contributed by atoms with Crippen molar-refractivity contribution in [3.05, 3.63) is 58.8 Å². The molecule has 0 radical (unpaired) electrons. The minimum atomic E-state index is -0.562. The normalized spacial score (nSPS) is 10.2. The summed E-state index contributed by atoms with van der Waals surface area (Å²) in [5.41, 5.74) is 1.89. The number of benzene rings is 1. The topological polar surface area (TPSA) is 36.4 Å². The van der Waals surface area contributed by atoms with Gasteiger partial charge in [0.1, 0.15) is 4.60 Å². The molecule has 92 valence electrons. The van der Waals surface area contributed by atoms with E-state index in [1.54, 1.807) is 6.82 Å². The predicted octanol–water partition coefficient (Wildman–Crippen LogP) is 2.96. The number of hydrogen-bond acceptors (Lipinski definition) is 3. The quantitative estimate of drug-likeness (QED) is 0.697. The van der Waals surface area contributed by atoms with E-state index in [-0.39, 0.29) is 0 Å². The summed E-state index contributed by atoms with van der Waals surface area (Å²) in [6.07, 6.45) is 0. The zero-order valence-corrected chi connectivity index (χ0v) is 11.7. The average molecular weight is 305 g/mol. The van der Waals surface area contributed by atoms with Gasteiger partial charge in [-0.25, -0.2) is 4.98 Å². The molecule has 18 heavy (non-hydrogen) atoms. The predicted molar refractivity (Wildman–Crippen MR) is 78.4 cm³/mol. The van der Waals surface area contributed by atoms with E-state index in [9.17, 15) is 5.02 Å². The van der Waals surface area contributed by atoms with Crippen LogP contribution in [0.4, 0.5) is 5.69 Å². The van der Waals surface area contributed by atoms with Crippen LogP contribution in [0.2, 0.25) is 6.82 Å². The first-order valence-electron chi connectivity index (χ1n) is 5.78. The van der Waals surface area contributed by atoms with Gasteiger partial charge in [0.15, 0.2) is 0 Å². The number of aromatic nitrogens is 1. The van der Waals surface area contributed by atoms with Crippen LogP contribution in [-0.2, 0) is 6.54 Å². The van der Waals surface area contributed by atoms with Gasteiger partial charge in [-0.2, -0.15) is 0 Å². The molecule has 0 spiro atoms. The van der Waals surface area contributed by atoms with Crippen molar-refractivity contribution in [1.29, 1.82) is 0 Å². The molecule has 0 saturated carbocycles. The summed E-state index contributed by atoms with van der Waals surface area (Å²) in [6.45, 7) is 2.33. The number of anilines is 1. The fraction of sp³-hybridized carbons (Fsp3) is 0.154. The lowest BCUT2D eigenvalue weighted by Crippen LogP contribution is -2.36. The second-order valence-corrected chi connectivity index (χ2v) is 4.86. The second kappa shape index (κ2) is 6.02. The van der Waals surface area contributed by atoms with Crippen molar-refractivity contribution in [2.45, 2.75) is 13.4 Å². The van der Waals surface area contributed by atoms with Crippen molar-refractivity contribution in [2.75, 3.05) is 4.81 Å². The van der Waals surface area contributed by atoms with Gasteiger partial charge < -0.3 is 9.83 Å². The summed E-state index contributed by atoms with van der Waals surface area (Å²) < 4.78 is 0.804. The summed E-state index contributed by atoms with van der Waals surface area (Å²) >= 11 is 3.35. The van der Waals surface area contributed by atoms with Gasteiger partial charge in [0.2, 0.25) is 0 Å². The number of nitrogens with zero attached hydrogens (tertiary/aromatic N) is 2. The van der Waals surface area contributed by atoms with Gasteiger partial charge in [-0.15, -0.1) is 0 Å². The largest absolute Gasteiger partial charge is 0.432 e. The molecule has 0 aliphatic rings. The molecular weight excluding hydrogens is 291 g/mol. The Morgan fingerprint density at radius 2 is 1.89 bits per heavy atom. The van der Waals surface area contributed by atoms with Crippen LogP contribution in [0, 0.1) is 0 Å². The maximum Gasteiger partial charge on any atom is 0.409 e. The SMILES string of the molecule is CB(O)N(Cc1cccc(Br)n1)c1ccccc1. The van der Waals surface area contributed by atoms with Crippen LogP contribution in [0.3, 0.4) is 0 Å². The third-order valence-corrected chi connectivity index (χ3v) is 3.09. The Labute approximate surface area is 116 Å². The van der Waals surface area contributed by atoms with E-state index >= 15 is 0 Å². The highest BCUT2D eigenvalue weighted by atomic mass is 79.9. The van der Waals surface area contributed by atoms with Gasteiger partial charge in [-0.05, 0) is 47.0 Å². The highest BCUT2D eigenvalue weighted by Crippen LogP contribution is 2.17. The molecule has 0 fully saturated rings. The maximum atomic E-state index is 9.88. The van der Waals surface area contributed by atoms with Gasteiger partial charge in [-0.1, -0.05) is 24.3 Å². The second-order valence-electron chi connectivity index (χ2n) is 4.05. The Morgan fingerprint density at radius 1 is 1.17 bits per heavy atom. The lowest BCUT2D eigenvalue weighted by atomic mass is 9.84. The lowest BCUT2D eigenvalue weighted by Gasteiger charge is -2.25. The lowest BCUT2D eigenvalue weighted by molar-refractivity contribution is 0.568. The molecule has 1 heterocycles. The van der Waals surface area contributed by atoms with Gasteiger partial charge in [0.05, 0.1) is 12.2 Å². The molecule has 0 aliphatic carbocycles. The third kappa shape index (κ3) is 3.34. The number of rotatable bonds is 4. The van der Waals surface area contributed by atoms with Crippen molar-refractivity contribution >= 4 is 28.7 Å². The average Bonchev–Trinajstić information content (AvgIpc) is 2.37. The summed E-state index contributed by atoms with van der Waals surface area (Å²) in [5.74, 6) is 0. The minimum Gasteiger partial charge on any atom is -0.432 e. The Bertz CT molecular complexity index is 507. The van der Waals surface area contributed by atoms with Crippen LogP contribution in [0.1, 0.15) is 5.69 Å². The van der Waals surface area contributed by atoms with Crippen LogP contribution in [0.15, 0.2) is 53.1 Å². The number of para-hydroxylation sites is 1. The van der Waals surface area contributed by atoms with Gasteiger partial charge in [0, 0.05) is 5.69 Å². The molecule has 0 saturated heterocycles. The van der Waals surface area contributed by atoms with E-state index in [1.165, 1.54) is 0 Å². The third-order valence-electron chi connectivity index (χ3n) is 2.64. The standard InChI is InChI=1S/C13H14BBrN2O/c1-14(18)17(12-7-3-2-4-8-12)10-11-6-5-9-13(15)16-11/h2-9,18H,10H2,1H3. The summed E-state index contributed by atoms with van der Waals surface area (Å²) in [4.78, 5) is 6.28. The summed E-state index contributed by atoms with van der Waals surface area (Å²) in [5, 5.41) is 9.88. The van der Waals surface area contributed by atoms with E-state index in [2.05, 4.69) is 20.9 Å². The number of hydrogen-bond donors (Lipinski definition) is 1. The monoisotopic (exact) mass is 304 g/mol. The molecule has 0 amide bonds. The Kier molecular flexibility index (Phi) is 4.39. The van der Waals surface area contributed by atoms with E-state index < -0.39 is 7.05 Å². The Hall–Kier alpha value is -1.33. The van der Waals surface area contributed by atoms with E-state index in [0.29, 0.717) is 6.54 Å². The Morgan fingerprint density at radius 3 is 2.50 bits per heavy atom. The molecule has 0 aliphatic heterocycles. The van der Waals surface area contributed by atoms with Crippen molar-refractivity contribution in [3.8, 4) is 0 Å². The molecule has 1 aromatic heterocycles. The van der Waals surface area contributed by atoms with Crippen LogP contribution >= 0.6 is 15.9 Å². The molecule has 0 bridgehead atoms. The van der Waals surface area contributed by atoms with Crippen molar-refractivity contribution < 1.29 is 5.02 Å². The molecule has 0 unspecified atom stereocenters. The number of halogens is 1. The first-order chi connectivity index (χ1) is 8.66. The first kappa shape index (κ1) is 13.1. The molecule has 2 rings (SSSR count). The van der Waals surface area contributed by atoms with Crippen LogP contribution in [0.25, 0.3) is 0 Å². The van der Waals surface area contributed by atoms with Crippen LogP contribution < -0.4 is 4.81 Å². The molecule has 5 heteroatoms. The molecule has 0 atom stereocenters. The zero-order valence-electron chi connectivity index (χ0n) is 10.1. The minimum absolute atomic E-state index is 0.562. The molecule has 3 nitrogen and oxygen atoms in total. The van der Waals surface area contributed by atoms with Gasteiger partial charge >= 0.3 is 7.05 Å². The molecular formula is C13H14BBrN2O. The fourth-order valence-electron chi connectivity index (χ4n) is 1.77. The van der Waals surface area contributed by atoms with Crippen molar-refractivity contribution in [3.63, 3.8) is 0 Å². The first-order valence-corrected chi connectivity index (χ1v) is 6.57. The van der Waals surface area contributed by atoms with Crippen LogP contribution in [-0.4, -0.2) is 17.1 Å². The highest BCUT2D eigenvalue weighted by molar-refractivity contribution is 9.10. The summed E-state index contributed by atoms with van der Waals surface area (Å²) in [7, 11) is -0.562. The van der Waals surface area contributed by atoms with E-state index in [4.69, 9.17) is 0 Å². The Balaban J connectivity index is 2.22. The molecule has 1 aromatic carbocycles. The van der Waals surface area contributed by atoms with Crippen molar-refractivity contribution in [1.82, 2.24) is 4.98 Å². The molecule has 2 aromatic rings. The fourth-order valence-corrected chi connectivity index (χ4v) is 2.15. The van der Waals surface area contributed by atoms with Crippen molar-refractivity contribution in [2.24, 2.45) is 0 Å². The van der Waals surface area contributed by atoms with Crippen LogP contribution in [0.5, 0.6) is 0 Å². The van der Waals surface area contributed by atoms with E-state index in [1.807, 2.05) is 53.3 Å². The highest BCUT2D eigenvalue weighted by Gasteiger charge is 2.17. The molecule has 1 N–H and O–H groups in total. The van der Waals surface area contributed by atoms with E-state index in [0.717, 1.165) is 16.0 Å². The van der Waals surface area contributed by atoms with Gasteiger partial charge in [-0.3, -0.25) is 0 Å².